The van der Waals surface area contributed by atoms with Gasteiger partial charge in [-0.15, -0.1) is 11.3 Å². The van der Waals surface area contributed by atoms with E-state index in [1.165, 1.54) is 18.4 Å². The average Bonchev–Trinajstić information content (AvgIpc) is 2.97. The molecule has 1 aromatic heterocycles. The minimum Gasteiger partial charge on any atom is -0.465 e. The molecule has 0 spiro atoms. The largest absolute Gasteiger partial charge is 0.465 e. The smallest absolute Gasteiger partial charge is 0.350 e. The molecule has 1 saturated heterocycles. The lowest BCUT2D eigenvalue weighted by Crippen LogP contribution is -2.44. The minimum atomic E-state index is -0.410. The molecule has 1 N–H and O–H groups in total. The van der Waals surface area contributed by atoms with E-state index in [1.54, 1.807) is 0 Å². The van der Waals surface area contributed by atoms with Crippen LogP contribution in [0.2, 0.25) is 0 Å². The molecule has 1 aliphatic heterocycles. The van der Waals surface area contributed by atoms with Gasteiger partial charge in [0.1, 0.15) is 10.9 Å². The lowest BCUT2D eigenvalue weighted by atomic mass is 9.98. The summed E-state index contributed by atoms with van der Waals surface area (Å²) in [6, 6.07) is 1.51. The lowest BCUT2D eigenvalue weighted by Gasteiger charge is -2.26. The number of likely N-dealkylation sites (N-methyl/N-ethyl adjacent to an activating group) is 1. The zero-order valence-electron chi connectivity index (χ0n) is 18.4. The number of rotatable bonds is 6. The van der Waals surface area contributed by atoms with Gasteiger partial charge < -0.3 is 19.9 Å². The van der Waals surface area contributed by atoms with Crippen LogP contribution in [0.25, 0.3) is 0 Å². The maximum absolute atomic E-state index is 13.1. The molecule has 1 aliphatic rings. The Hall–Kier alpha value is -2.04. The Labute approximate surface area is 178 Å². The van der Waals surface area contributed by atoms with E-state index in [2.05, 4.69) is 22.1 Å². The van der Waals surface area contributed by atoms with Gasteiger partial charge in [0.15, 0.2) is 0 Å². The number of nitrogens with one attached hydrogen (secondary N) is 1. The molecule has 1 fully saturated rings. The van der Waals surface area contributed by atoms with Crippen LogP contribution in [0.5, 0.6) is 0 Å². The zero-order valence-corrected chi connectivity index (χ0v) is 19.2. The van der Waals surface area contributed by atoms with Crippen molar-refractivity contribution in [3.05, 3.63) is 15.8 Å². The van der Waals surface area contributed by atoms with Crippen molar-refractivity contribution in [3.63, 3.8) is 0 Å². The fourth-order valence-corrected chi connectivity index (χ4v) is 3.92. The van der Waals surface area contributed by atoms with Gasteiger partial charge in [-0.1, -0.05) is 11.8 Å². The summed E-state index contributed by atoms with van der Waals surface area (Å²) in [4.78, 5) is 30.6. The normalized spacial score (nSPS) is 17.6. The van der Waals surface area contributed by atoms with E-state index < -0.39 is 5.97 Å². The number of ether oxygens (including phenoxy) is 1. The van der Waals surface area contributed by atoms with E-state index in [9.17, 15) is 9.59 Å². The van der Waals surface area contributed by atoms with Crippen molar-refractivity contribution in [1.29, 1.82) is 0 Å². The molecule has 0 aliphatic carbocycles. The lowest BCUT2D eigenvalue weighted by molar-refractivity contribution is -0.131. The van der Waals surface area contributed by atoms with Crippen LogP contribution >= 0.6 is 11.3 Å². The van der Waals surface area contributed by atoms with E-state index in [0.29, 0.717) is 17.1 Å². The first kappa shape index (κ1) is 23.2. The van der Waals surface area contributed by atoms with Crippen molar-refractivity contribution in [2.75, 3.05) is 46.2 Å². The molecule has 29 heavy (non-hydrogen) atoms. The van der Waals surface area contributed by atoms with Gasteiger partial charge >= 0.3 is 5.97 Å². The van der Waals surface area contributed by atoms with E-state index in [1.807, 2.05) is 45.8 Å². The molecule has 7 heteroatoms. The number of likely N-dealkylation sites (tertiary alicyclic amines) is 1. The number of anilines is 1. The molecule has 0 aromatic carbocycles. The van der Waals surface area contributed by atoms with Gasteiger partial charge in [0.25, 0.3) is 0 Å². The van der Waals surface area contributed by atoms with Gasteiger partial charge in [-0.3, -0.25) is 4.79 Å². The molecule has 1 amide bonds. The highest BCUT2D eigenvalue weighted by Crippen LogP contribution is 2.30. The fourth-order valence-electron chi connectivity index (χ4n) is 3.02. The van der Waals surface area contributed by atoms with Crippen molar-refractivity contribution in [2.45, 2.75) is 46.1 Å². The molecule has 0 unspecified atom stereocenters. The molecule has 0 saturated carbocycles. The number of nitrogens with zero attached hydrogens (tertiary/aromatic N) is 2. The van der Waals surface area contributed by atoms with E-state index in [0.717, 1.165) is 37.2 Å². The van der Waals surface area contributed by atoms with Gasteiger partial charge in [0, 0.05) is 25.0 Å². The molecule has 2 rings (SSSR count). The SMILES string of the molecule is COC(=O)c1sc(C#CC(C)(C)C)cc1N[C@@H]1CCCCN(CCN(C)C)C1=O. The second-order valence-electron chi connectivity index (χ2n) is 8.67. The highest BCUT2D eigenvalue weighted by atomic mass is 32.1. The Kier molecular flexibility index (Phi) is 8.12. The summed E-state index contributed by atoms with van der Waals surface area (Å²) in [7, 11) is 5.38. The number of thiophene rings is 1. The average molecular weight is 420 g/mol. The fraction of sp³-hybridized carbons (Fsp3) is 0.636. The van der Waals surface area contributed by atoms with Gasteiger partial charge in [0.05, 0.1) is 17.7 Å². The monoisotopic (exact) mass is 419 g/mol. The number of amides is 1. The molecule has 1 atom stereocenters. The quantitative estimate of drug-likeness (QED) is 0.566. The summed E-state index contributed by atoms with van der Waals surface area (Å²) in [6.07, 6.45) is 2.71. The van der Waals surface area contributed by atoms with Crippen molar-refractivity contribution < 1.29 is 14.3 Å². The predicted molar refractivity (Wildman–Crippen MR) is 118 cm³/mol. The molecular formula is C22H33N3O3S. The molecule has 6 nitrogen and oxygen atoms in total. The first-order chi connectivity index (χ1) is 13.6. The first-order valence-electron chi connectivity index (χ1n) is 10.1. The van der Waals surface area contributed by atoms with Crippen LogP contribution in [0.1, 0.15) is 54.6 Å². The third-order valence-electron chi connectivity index (χ3n) is 4.59. The molecule has 160 valence electrons. The second kappa shape index (κ2) is 10.1. The molecule has 2 heterocycles. The number of hydrogen-bond acceptors (Lipinski definition) is 6. The third kappa shape index (κ3) is 7.06. The standard InChI is InChI=1S/C22H33N3O3S/c1-22(2,3)11-10-16-15-18(19(29-16)21(27)28-6)23-17-9-7-8-12-25(20(17)26)14-13-24(4)5/h15,17,23H,7-9,12-14H2,1-6H3/t17-/m1/s1. The topological polar surface area (TPSA) is 61.9 Å². The summed E-state index contributed by atoms with van der Waals surface area (Å²) >= 11 is 1.30. The highest BCUT2D eigenvalue weighted by molar-refractivity contribution is 7.15. The maximum Gasteiger partial charge on any atom is 0.350 e. The molecule has 0 bridgehead atoms. The Morgan fingerprint density at radius 3 is 2.72 bits per heavy atom. The molecule has 1 aromatic rings. The van der Waals surface area contributed by atoms with Gasteiger partial charge in [-0.05, 0) is 60.2 Å². The number of methoxy groups -OCH3 is 1. The summed E-state index contributed by atoms with van der Waals surface area (Å²) in [6.45, 7) is 8.44. The van der Waals surface area contributed by atoms with Crippen molar-refractivity contribution in [3.8, 4) is 11.8 Å². The van der Waals surface area contributed by atoms with E-state index in [-0.39, 0.29) is 17.4 Å². The van der Waals surface area contributed by atoms with Crippen molar-refractivity contribution in [2.24, 2.45) is 5.41 Å². The Bertz CT molecular complexity index is 783. The van der Waals surface area contributed by atoms with Crippen LogP contribution in [-0.4, -0.2) is 68.6 Å². The second-order valence-corrected chi connectivity index (χ2v) is 9.72. The summed E-state index contributed by atoms with van der Waals surface area (Å²) in [5.74, 6) is 6.02. The summed E-state index contributed by atoms with van der Waals surface area (Å²) in [5.41, 5.74) is 0.501. The van der Waals surface area contributed by atoms with Crippen molar-refractivity contribution in [1.82, 2.24) is 9.80 Å². The number of hydrogen-bond donors (Lipinski definition) is 1. The van der Waals surface area contributed by atoms with E-state index in [4.69, 9.17) is 4.74 Å². The van der Waals surface area contributed by atoms with Gasteiger partial charge in [0.2, 0.25) is 5.91 Å². The number of esters is 1. The van der Waals surface area contributed by atoms with Crippen LogP contribution in [0, 0.1) is 17.3 Å². The van der Waals surface area contributed by atoms with Gasteiger partial charge in [-0.2, -0.15) is 0 Å². The number of carbonyl (C=O) groups is 2. The predicted octanol–water partition coefficient (Wildman–Crippen LogP) is 3.29. The molecular weight excluding hydrogens is 386 g/mol. The maximum atomic E-state index is 13.1. The van der Waals surface area contributed by atoms with Gasteiger partial charge in [-0.25, -0.2) is 4.79 Å². The van der Waals surface area contributed by atoms with Crippen LogP contribution in [0.3, 0.4) is 0 Å². The Morgan fingerprint density at radius 1 is 1.38 bits per heavy atom. The Balaban J connectivity index is 2.25. The molecule has 0 radical (unpaired) electrons. The Morgan fingerprint density at radius 2 is 2.10 bits per heavy atom. The van der Waals surface area contributed by atoms with Crippen molar-refractivity contribution >= 4 is 28.9 Å². The number of carbonyl (C=O) groups excluding carboxylic acids is 2. The van der Waals surface area contributed by atoms with Crippen LogP contribution in [0.4, 0.5) is 5.69 Å². The highest BCUT2D eigenvalue weighted by Gasteiger charge is 2.29. The zero-order chi connectivity index (χ0) is 21.6. The first-order valence-corrected chi connectivity index (χ1v) is 10.9. The van der Waals surface area contributed by atoms with Crippen LogP contribution in [-0.2, 0) is 9.53 Å². The summed E-state index contributed by atoms with van der Waals surface area (Å²) in [5, 5.41) is 3.33. The third-order valence-corrected chi connectivity index (χ3v) is 5.62. The minimum absolute atomic E-state index is 0.0914. The van der Waals surface area contributed by atoms with E-state index >= 15 is 0 Å². The van der Waals surface area contributed by atoms with Crippen LogP contribution < -0.4 is 5.32 Å². The summed E-state index contributed by atoms with van der Waals surface area (Å²) < 4.78 is 4.94. The van der Waals surface area contributed by atoms with Crippen LogP contribution in [0.15, 0.2) is 6.07 Å².